The summed E-state index contributed by atoms with van der Waals surface area (Å²) in [4.78, 5) is 4.36. The van der Waals surface area contributed by atoms with Gasteiger partial charge in [-0.3, -0.25) is 4.99 Å². The average molecular weight is 365 g/mol. The van der Waals surface area contributed by atoms with E-state index >= 15 is 0 Å². The van der Waals surface area contributed by atoms with E-state index in [0.717, 1.165) is 23.1 Å². The number of alkyl halides is 3. The topological polar surface area (TPSA) is 12.4 Å². The van der Waals surface area contributed by atoms with Crippen molar-refractivity contribution >= 4 is 6.21 Å². The number of nitrogens with zero attached hydrogens (tertiary/aromatic N) is 1. The van der Waals surface area contributed by atoms with Crippen molar-refractivity contribution in [2.24, 2.45) is 10.9 Å². The summed E-state index contributed by atoms with van der Waals surface area (Å²) in [5.41, 5.74) is 3.88. The lowest BCUT2D eigenvalue weighted by molar-refractivity contribution is -0.0898. The van der Waals surface area contributed by atoms with Crippen LogP contribution < -0.4 is 0 Å². The summed E-state index contributed by atoms with van der Waals surface area (Å²) in [7, 11) is 0. The molecule has 0 aromatic carbocycles. The van der Waals surface area contributed by atoms with E-state index in [1.807, 2.05) is 26.8 Å². The van der Waals surface area contributed by atoms with E-state index in [-0.39, 0.29) is 5.92 Å². The van der Waals surface area contributed by atoms with Gasteiger partial charge in [0.25, 0.3) is 0 Å². The summed E-state index contributed by atoms with van der Waals surface area (Å²) in [6, 6.07) is 0. The molecule has 0 fully saturated rings. The van der Waals surface area contributed by atoms with E-state index in [1.165, 1.54) is 11.6 Å². The molecule has 0 radical (unpaired) electrons. The minimum Gasteiger partial charge on any atom is -0.264 e. The third kappa shape index (κ3) is 6.47. The molecule has 1 rings (SSSR count). The second kappa shape index (κ2) is 9.75. The third-order valence-corrected chi connectivity index (χ3v) is 4.72. The zero-order chi connectivity index (χ0) is 19.9. The Kier molecular flexibility index (Phi) is 8.32. The van der Waals surface area contributed by atoms with Gasteiger partial charge in [0.05, 0.1) is 5.57 Å². The van der Waals surface area contributed by atoms with Crippen LogP contribution >= 0.6 is 0 Å². The first kappa shape index (κ1) is 22.2. The van der Waals surface area contributed by atoms with Gasteiger partial charge in [-0.25, -0.2) is 0 Å². The summed E-state index contributed by atoms with van der Waals surface area (Å²) in [6.45, 7) is 11.8. The molecule has 1 aliphatic carbocycles. The van der Waals surface area contributed by atoms with E-state index in [1.54, 1.807) is 25.4 Å². The van der Waals surface area contributed by atoms with Crippen LogP contribution in [0, 0.1) is 5.92 Å². The fourth-order valence-corrected chi connectivity index (χ4v) is 2.68. The minimum atomic E-state index is -4.32. The molecule has 26 heavy (non-hydrogen) atoms. The van der Waals surface area contributed by atoms with Crippen LogP contribution in [0.2, 0.25) is 0 Å². The maximum absolute atomic E-state index is 13.4. The molecular formula is C22H30F3N. The van der Waals surface area contributed by atoms with E-state index in [0.29, 0.717) is 18.4 Å². The molecular weight excluding hydrogens is 335 g/mol. The lowest BCUT2D eigenvalue weighted by Crippen LogP contribution is -2.15. The second-order valence-corrected chi connectivity index (χ2v) is 6.88. The standard InChI is InChI=1S/C22H30F3N/c1-7-16(4)17(5)13-26-14-18(6)20-11-15(3)9-10-21(22(23,24)25)19(8-2)12-20/h10-15H,7-9H2,1-6H3/b17-16-,18-14+,19-12?,20-11?,21-10?,26-13+. The Hall–Kier alpha value is -1.84. The quantitative estimate of drug-likeness (QED) is 0.447. The summed E-state index contributed by atoms with van der Waals surface area (Å²) >= 11 is 0. The van der Waals surface area contributed by atoms with Crippen molar-refractivity contribution < 1.29 is 13.2 Å². The van der Waals surface area contributed by atoms with Gasteiger partial charge < -0.3 is 0 Å². The van der Waals surface area contributed by atoms with Gasteiger partial charge >= 0.3 is 6.18 Å². The maximum atomic E-state index is 13.4. The van der Waals surface area contributed by atoms with Crippen LogP contribution in [-0.4, -0.2) is 12.4 Å². The molecule has 0 spiro atoms. The molecule has 0 bridgehead atoms. The van der Waals surface area contributed by atoms with Crippen LogP contribution in [0.25, 0.3) is 0 Å². The molecule has 0 heterocycles. The predicted molar refractivity (Wildman–Crippen MR) is 105 cm³/mol. The number of hydrogen-bond donors (Lipinski definition) is 0. The number of aliphatic imine (C=N–C) groups is 1. The highest BCUT2D eigenvalue weighted by Gasteiger charge is 2.35. The molecule has 4 heteroatoms. The smallest absolute Gasteiger partial charge is 0.264 e. The first-order valence-electron chi connectivity index (χ1n) is 9.16. The van der Waals surface area contributed by atoms with E-state index in [9.17, 15) is 13.2 Å². The number of halogens is 3. The molecule has 0 N–H and O–H groups in total. The van der Waals surface area contributed by atoms with Crippen molar-refractivity contribution in [2.75, 3.05) is 0 Å². The van der Waals surface area contributed by atoms with Gasteiger partial charge in [-0.15, -0.1) is 0 Å². The molecule has 1 aliphatic rings. The van der Waals surface area contributed by atoms with Gasteiger partial charge in [0.2, 0.25) is 0 Å². The highest BCUT2D eigenvalue weighted by Crippen LogP contribution is 2.36. The maximum Gasteiger partial charge on any atom is 0.416 e. The largest absolute Gasteiger partial charge is 0.416 e. The average Bonchev–Trinajstić information content (AvgIpc) is 2.55. The van der Waals surface area contributed by atoms with Crippen LogP contribution in [0.1, 0.15) is 60.8 Å². The van der Waals surface area contributed by atoms with Gasteiger partial charge in [0, 0.05) is 12.4 Å². The summed E-state index contributed by atoms with van der Waals surface area (Å²) in [6.07, 6.45) is 5.92. The molecule has 1 unspecified atom stereocenters. The molecule has 0 aliphatic heterocycles. The molecule has 0 saturated heterocycles. The normalized spacial score (nSPS) is 20.9. The fourth-order valence-electron chi connectivity index (χ4n) is 2.68. The first-order valence-corrected chi connectivity index (χ1v) is 9.16. The van der Waals surface area contributed by atoms with Crippen LogP contribution in [0.15, 0.2) is 62.9 Å². The zero-order valence-electron chi connectivity index (χ0n) is 16.7. The van der Waals surface area contributed by atoms with E-state index < -0.39 is 11.7 Å². The van der Waals surface area contributed by atoms with Crippen molar-refractivity contribution in [3.8, 4) is 0 Å². The van der Waals surface area contributed by atoms with Crippen molar-refractivity contribution in [1.82, 2.24) is 0 Å². The summed E-state index contributed by atoms with van der Waals surface area (Å²) in [5.74, 6) is 0.0355. The number of rotatable bonds is 5. The monoisotopic (exact) mass is 365 g/mol. The van der Waals surface area contributed by atoms with Crippen LogP contribution in [-0.2, 0) is 0 Å². The SMILES string of the molecule is CCC1=CC(/C(C)=C/N=C/C(C)=C(/C)CC)=CC(C)CC=C1C(F)(F)F. The third-order valence-electron chi connectivity index (χ3n) is 4.72. The predicted octanol–water partition coefficient (Wildman–Crippen LogP) is 7.50. The van der Waals surface area contributed by atoms with Crippen molar-refractivity contribution in [3.05, 3.63) is 57.9 Å². The van der Waals surface area contributed by atoms with Crippen LogP contribution in [0.4, 0.5) is 13.2 Å². The number of hydrogen-bond acceptors (Lipinski definition) is 1. The Morgan fingerprint density at radius 1 is 1.23 bits per heavy atom. The molecule has 144 valence electrons. The molecule has 0 aromatic heterocycles. The van der Waals surface area contributed by atoms with Gasteiger partial charge in [-0.1, -0.05) is 44.6 Å². The van der Waals surface area contributed by atoms with Crippen molar-refractivity contribution in [1.29, 1.82) is 0 Å². The first-order chi connectivity index (χ1) is 12.1. The highest BCUT2D eigenvalue weighted by atomic mass is 19.4. The lowest BCUT2D eigenvalue weighted by Gasteiger charge is -2.19. The van der Waals surface area contributed by atoms with Gasteiger partial charge in [-0.2, -0.15) is 13.2 Å². The Balaban J connectivity index is 3.24. The van der Waals surface area contributed by atoms with Crippen LogP contribution in [0.3, 0.4) is 0 Å². The highest BCUT2D eigenvalue weighted by molar-refractivity contribution is 5.79. The van der Waals surface area contributed by atoms with Gasteiger partial charge in [0.1, 0.15) is 0 Å². The summed E-state index contributed by atoms with van der Waals surface area (Å²) < 4.78 is 40.1. The van der Waals surface area contributed by atoms with Crippen molar-refractivity contribution in [2.45, 2.75) is 67.0 Å². The number of allylic oxidation sites excluding steroid dienone is 9. The lowest BCUT2D eigenvalue weighted by atomic mass is 9.90. The Bertz CT molecular complexity index is 683. The second-order valence-electron chi connectivity index (χ2n) is 6.88. The van der Waals surface area contributed by atoms with Gasteiger partial charge in [-0.05, 0) is 68.2 Å². The zero-order valence-corrected chi connectivity index (χ0v) is 16.7. The van der Waals surface area contributed by atoms with E-state index in [4.69, 9.17) is 0 Å². The fraction of sp³-hybridized carbons (Fsp3) is 0.500. The molecule has 0 aromatic rings. The Labute approximate surface area is 155 Å². The van der Waals surface area contributed by atoms with Crippen molar-refractivity contribution in [3.63, 3.8) is 0 Å². The molecule has 0 amide bonds. The Morgan fingerprint density at radius 3 is 2.42 bits per heavy atom. The molecule has 1 nitrogen and oxygen atoms in total. The Morgan fingerprint density at radius 2 is 1.88 bits per heavy atom. The van der Waals surface area contributed by atoms with Crippen LogP contribution in [0.5, 0.6) is 0 Å². The molecule has 1 atom stereocenters. The van der Waals surface area contributed by atoms with Gasteiger partial charge in [0.15, 0.2) is 0 Å². The summed E-state index contributed by atoms with van der Waals surface area (Å²) in [5, 5.41) is 0. The minimum absolute atomic E-state index is 0.0355. The molecule has 0 saturated carbocycles. The van der Waals surface area contributed by atoms with E-state index in [2.05, 4.69) is 18.8 Å².